The van der Waals surface area contributed by atoms with Crippen LogP contribution in [0, 0.1) is 5.82 Å². The SMILES string of the molecule is CCCNc1cc(NC(C)Cc2ccc(F)cc2)ccn1. The van der Waals surface area contributed by atoms with Crippen molar-refractivity contribution in [2.75, 3.05) is 17.2 Å². The Kier molecular flexibility index (Phi) is 5.55. The molecule has 112 valence electrons. The largest absolute Gasteiger partial charge is 0.382 e. The van der Waals surface area contributed by atoms with Crippen LogP contribution in [0.3, 0.4) is 0 Å². The molecule has 3 nitrogen and oxygen atoms in total. The Balaban J connectivity index is 1.92. The lowest BCUT2D eigenvalue weighted by molar-refractivity contribution is 0.626. The molecule has 0 aliphatic heterocycles. The van der Waals surface area contributed by atoms with Crippen molar-refractivity contribution in [1.82, 2.24) is 4.98 Å². The molecule has 2 aromatic rings. The van der Waals surface area contributed by atoms with E-state index in [1.165, 1.54) is 12.1 Å². The van der Waals surface area contributed by atoms with Crippen LogP contribution in [0.5, 0.6) is 0 Å². The molecule has 0 bridgehead atoms. The van der Waals surface area contributed by atoms with Gasteiger partial charge in [-0.1, -0.05) is 19.1 Å². The van der Waals surface area contributed by atoms with Gasteiger partial charge in [0, 0.05) is 30.5 Å². The van der Waals surface area contributed by atoms with Gasteiger partial charge in [0.25, 0.3) is 0 Å². The molecule has 0 aliphatic carbocycles. The zero-order chi connectivity index (χ0) is 15.1. The molecule has 4 heteroatoms. The van der Waals surface area contributed by atoms with Gasteiger partial charge in [-0.2, -0.15) is 0 Å². The highest BCUT2D eigenvalue weighted by Gasteiger charge is 2.05. The summed E-state index contributed by atoms with van der Waals surface area (Å²) >= 11 is 0. The van der Waals surface area contributed by atoms with E-state index in [1.807, 2.05) is 24.3 Å². The van der Waals surface area contributed by atoms with Gasteiger partial charge in [0.15, 0.2) is 0 Å². The van der Waals surface area contributed by atoms with E-state index in [1.54, 1.807) is 6.20 Å². The minimum Gasteiger partial charge on any atom is -0.382 e. The second kappa shape index (κ2) is 7.62. The van der Waals surface area contributed by atoms with Crippen molar-refractivity contribution in [3.63, 3.8) is 0 Å². The Hall–Kier alpha value is -2.10. The van der Waals surface area contributed by atoms with Crippen molar-refractivity contribution in [3.05, 3.63) is 54.0 Å². The van der Waals surface area contributed by atoms with Crippen LogP contribution in [-0.2, 0) is 6.42 Å². The average molecular weight is 287 g/mol. The zero-order valence-electron chi connectivity index (χ0n) is 12.6. The normalized spacial score (nSPS) is 12.0. The molecule has 2 N–H and O–H groups in total. The maximum atomic E-state index is 12.9. The molecule has 0 amide bonds. The second-order valence-electron chi connectivity index (χ2n) is 5.23. The van der Waals surface area contributed by atoms with Crippen LogP contribution in [0.4, 0.5) is 15.9 Å². The summed E-state index contributed by atoms with van der Waals surface area (Å²) in [6.07, 6.45) is 3.71. The summed E-state index contributed by atoms with van der Waals surface area (Å²) in [5.74, 6) is 0.691. The topological polar surface area (TPSA) is 37.0 Å². The number of anilines is 2. The van der Waals surface area contributed by atoms with E-state index in [0.29, 0.717) is 0 Å². The van der Waals surface area contributed by atoms with Gasteiger partial charge in [-0.15, -0.1) is 0 Å². The lowest BCUT2D eigenvalue weighted by atomic mass is 10.1. The molecule has 0 saturated heterocycles. The van der Waals surface area contributed by atoms with E-state index in [2.05, 4.69) is 29.5 Å². The molecule has 1 aromatic heterocycles. The summed E-state index contributed by atoms with van der Waals surface area (Å²) in [7, 11) is 0. The molecule has 1 heterocycles. The van der Waals surface area contributed by atoms with Crippen LogP contribution < -0.4 is 10.6 Å². The smallest absolute Gasteiger partial charge is 0.127 e. The molecule has 0 fully saturated rings. The molecule has 1 atom stereocenters. The molecule has 1 unspecified atom stereocenters. The van der Waals surface area contributed by atoms with E-state index in [9.17, 15) is 4.39 Å². The Morgan fingerprint density at radius 2 is 1.95 bits per heavy atom. The number of pyridine rings is 1. The highest BCUT2D eigenvalue weighted by molar-refractivity contribution is 5.52. The van der Waals surface area contributed by atoms with Crippen LogP contribution in [0.1, 0.15) is 25.8 Å². The molecular weight excluding hydrogens is 265 g/mol. The first-order chi connectivity index (χ1) is 10.2. The van der Waals surface area contributed by atoms with Gasteiger partial charge in [0.2, 0.25) is 0 Å². The third-order valence-electron chi connectivity index (χ3n) is 3.18. The number of rotatable bonds is 7. The first-order valence-corrected chi connectivity index (χ1v) is 7.38. The van der Waals surface area contributed by atoms with Gasteiger partial charge in [-0.25, -0.2) is 9.37 Å². The molecule has 1 aromatic carbocycles. The molecular formula is C17H22FN3. The van der Waals surface area contributed by atoms with Crippen molar-refractivity contribution >= 4 is 11.5 Å². The van der Waals surface area contributed by atoms with E-state index in [-0.39, 0.29) is 11.9 Å². The fraction of sp³-hybridized carbons (Fsp3) is 0.353. The van der Waals surface area contributed by atoms with Crippen LogP contribution >= 0.6 is 0 Å². The molecule has 0 aliphatic rings. The van der Waals surface area contributed by atoms with Gasteiger partial charge in [0.1, 0.15) is 11.6 Å². The van der Waals surface area contributed by atoms with Crippen LogP contribution in [0.2, 0.25) is 0 Å². The van der Waals surface area contributed by atoms with Crippen molar-refractivity contribution in [1.29, 1.82) is 0 Å². The number of nitrogens with one attached hydrogen (secondary N) is 2. The predicted octanol–water partition coefficient (Wildman–Crippen LogP) is 4.09. The number of aromatic nitrogens is 1. The van der Waals surface area contributed by atoms with Crippen LogP contribution in [-0.4, -0.2) is 17.6 Å². The number of hydrogen-bond acceptors (Lipinski definition) is 3. The first kappa shape index (κ1) is 15.3. The molecule has 0 spiro atoms. The summed E-state index contributed by atoms with van der Waals surface area (Å²) in [5, 5.41) is 6.72. The quantitative estimate of drug-likeness (QED) is 0.805. The summed E-state index contributed by atoms with van der Waals surface area (Å²) in [6, 6.07) is 10.9. The third-order valence-corrected chi connectivity index (χ3v) is 3.18. The van der Waals surface area contributed by atoms with E-state index < -0.39 is 0 Å². The number of benzene rings is 1. The van der Waals surface area contributed by atoms with Crippen molar-refractivity contribution in [2.45, 2.75) is 32.7 Å². The van der Waals surface area contributed by atoms with E-state index in [0.717, 1.165) is 36.5 Å². The number of hydrogen-bond donors (Lipinski definition) is 2. The Morgan fingerprint density at radius 3 is 2.67 bits per heavy atom. The van der Waals surface area contributed by atoms with E-state index in [4.69, 9.17) is 0 Å². The average Bonchev–Trinajstić information content (AvgIpc) is 2.48. The van der Waals surface area contributed by atoms with Gasteiger partial charge < -0.3 is 10.6 Å². The monoisotopic (exact) mass is 287 g/mol. The van der Waals surface area contributed by atoms with Gasteiger partial charge >= 0.3 is 0 Å². The highest BCUT2D eigenvalue weighted by Crippen LogP contribution is 2.15. The standard InChI is InChI=1S/C17H22FN3/c1-3-9-19-17-12-16(8-10-20-17)21-13(2)11-14-4-6-15(18)7-5-14/h4-8,10,12-13H,3,9,11H2,1-2H3,(H2,19,20,21). The summed E-state index contributed by atoms with van der Waals surface area (Å²) < 4.78 is 12.9. The second-order valence-corrected chi connectivity index (χ2v) is 5.23. The zero-order valence-corrected chi connectivity index (χ0v) is 12.6. The molecule has 0 radical (unpaired) electrons. The fourth-order valence-corrected chi connectivity index (χ4v) is 2.18. The lowest BCUT2D eigenvalue weighted by Crippen LogP contribution is -2.18. The Labute approximate surface area is 125 Å². The minimum absolute atomic E-state index is 0.194. The maximum absolute atomic E-state index is 12.9. The van der Waals surface area contributed by atoms with Crippen molar-refractivity contribution in [3.8, 4) is 0 Å². The lowest BCUT2D eigenvalue weighted by Gasteiger charge is -2.16. The van der Waals surface area contributed by atoms with Gasteiger partial charge in [0.05, 0.1) is 0 Å². The fourth-order valence-electron chi connectivity index (χ4n) is 2.18. The molecule has 21 heavy (non-hydrogen) atoms. The summed E-state index contributed by atoms with van der Waals surface area (Å²) in [6.45, 7) is 5.16. The summed E-state index contributed by atoms with van der Waals surface area (Å²) in [5.41, 5.74) is 2.16. The third kappa shape index (κ3) is 5.06. The Morgan fingerprint density at radius 1 is 1.19 bits per heavy atom. The Bertz CT molecular complexity index is 554. The van der Waals surface area contributed by atoms with Gasteiger partial charge in [-0.05, 0) is 43.5 Å². The maximum Gasteiger partial charge on any atom is 0.127 e. The predicted molar refractivity (Wildman–Crippen MR) is 86.2 cm³/mol. The van der Waals surface area contributed by atoms with Crippen LogP contribution in [0.25, 0.3) is 0 Å². The first-order valence-electron chi connectivity index (χ1n) is 7.38. The van der Waals surface area contributed by atoms with E-state index >= 15 is 0 Å². The summed E-state index contributed by atoms with van der Waals surface area (Å²) in [4.78, 5) is 4.29. The number of nitrogens with zero attached hydrogens (tertiary/aromatic N) is 1. The molecule has 2 rings (SSSR count). The van der Waals surface area contributed by atoms with Crippen molar-refractivity contribution < 1.29 is 4.39 Å². The van der Waals surface area contributed by atoms with Crippen LogP contribution in [0.15, 0.2) is 42.6 Å². The minimum atomic E-state index is -0.194. The number of halogens is 1. The highest BCUT2D eigenvalue weighted by atomic mass is 19.1. The van der Waals surface area contributed by atoms with Crippen molar-refractivity contribution in [2.24, 2.45) is 0 Å². The van der Waals surface area contributed by atoms with Gasteiger partial charge in [-0.3, -0.25) is 0 Å². The molecule has 0 saturated carbocycles.